The van der Waals surface area contributed by atoms with Crippen molar-refractivity contribution in [3.05, 3.63) is 75.7 Å². The Labute approximate surface area is 144 Å². The number of hydrogen-bond donors (Lipinski definition) is 0. The number of halogens is 2. The second-order valence-electron chi connectivity index (χ2n) is 4.77. The lowest BCUT2D eigenvalue weighted by Gasteiger charge is -2.08. The molecular weight excluding hydrogens is 364 g/mol. The molecule has 2 nitrogen and oxygen atoms in total. The first-order chi connectivity index (χ1) is 10.7. The van der Waals surface area contributed by atoms with Crippen LogP contribution in [0.15, 0.2) is 59.6 Å². The molecule has 0 saturated carbocycles. The summed E-state index contributed by atoms with van der Waals surface area (Å²) in [5, 5.41) is 0.780. The van der Waals surface area contributed by atoms with E-state index in [2.05, 4.69) is 34.6 Å². The first kappa shape index (κ1) is 17.1. The van der Waals surface area contributed by atoms with Gasteiger partial charge in [-0.2, -0.15) is 0 Å². The molecule has 0 unspecified atom stereocenters. The lowest BCUT2D eigenvalue weighted by Crippen LogP contribution is -2.06. The van der Waals surface area contributed by atoms with Crippen molar-refractivity contribution in [2.24, 2.45) is 0 Å². The summed E-state index contributed by atoms with van der Waals surface area (Å²) in [4.78, 5) is 0. The van der Waals surface area contributed by atoms with Gasteiger partial charge in [-0.15, -0.1) is 6.58 Å². The highest BCUT2D eigenvalue weighted by Gasteiger charge is 2.03. The van der Waals surface area contributed by atoms with Crippen LogP contribution in [0.3, 0.4) is 0 Å². The van der Waals surface area contributed by atoms with E-state index in [1.807, 2.05) is 30.3 Å². The molecule has 0 radical (unpaired) electrons. The summed E-state index contributed by atoms with van der Waals surface area (Å²) in [6.45, 7) is 5.23. The molecule has 22 heavy (non-hydrogen) atoms. The molecular formula is C18H18BrClO2. The Balaban J connectivity index is 1.89. The fourth-order valence-electron chi connectivity index (χ4n) is 1.99. The first-order valence-electron chi connectivity index (χ1n) is 7.03. The molecule has 116 valence electrons. The molecule has 0 atom stereocenters. The third kappa shape index (κ3) is 5.48. The zero-order chi connectivity index (χ0) is 15.8. The number of rotatable bonds is 8. The number of ether oxygens (including phenoxy) is 2. The van der Waals surface area contributed by atoms with Gasteiger partial charge in [0.2, 0.25) is 0 Å². The van der Waals surface area contributed by atoms with Gasteiger partial charge in [-0.3, -0.25) is 0 Å². The molecule has 0 spiro atoms. The molecule has 0 aliphatic rings. The molecule has 0 fully saturated rings. The summed E-state index contributed by atoms with van der Waals surface area (Å²) in [5.41, 5.74) is 2.29. The molecule has 2 aromatic rings. The van der Waals surface area contributed by atoms with Gasteiger partial charge in [-0.05, 0) is 47.9 Å². The topological polar surface area (TPSA) is 18.5 Å². The van der Waals surface area contributed by atoms with E-state index >= 15 is 0 Å². The van der Waals surface area contributed by atoms with E-state index in [4.69, 9.17) is 21.1 Å². The highest BCUT2D eigenvalue weighted by molar-refractivity contribution is 9.10. The van der Waals surface area contributed by atoms with Gasteiger partial charge in [0.25, 0.3) is 0 Å². The SMILES string of the molecule is C=CCOCCOc1ccc(Cc2cc(Br)ccc2Cl)cc1. The normalized spacial score (nSPS) is 10.5. The van der Waals surface area contributed by atoms with E-state index in [1.165, 1.54) is 5.56 Å². The van der Waals surface area contributed by atoms with Crippen molar-refractivity contribution in [2.45, 2.75) is 6.42 Å². The largest absolute Gasteiger partial charge is 0.491 e. The molecule has 2 aromatic carbocycles. The average molecular weight is 382 g/mol. The Morgan fingerprint density at radius 3 is 2.59 bits per heavy atom. The quantitative estimate of drug-likeness (QED) is 0.458. The second kappa shape index (κ2) is 8.99. The summed E-state index contributed by atoms with van der Waals surface area (Å²) in [6.07, 6.45) is 2.52. The van der Waals surface area contributed by atoms with Crippen LogP contribution in [0.4, 0.5) is 0 Å². The van der Waals surface area contributed by atoms with Crippen molar-refractivity contribution in [1.82, 2.24) is 0 Å². The van der Waals surface area contributed by atoms with E-state index in [0.717, 1.165) is 27.2 Å². The van der Waals surface area contributed by atoms with Crippen molar-refractivity contribution in [1.29, 1.82) is 0 Å². The average Bonchev–Trinajstić information content (AvgIpc) is 2.52. The zero-order valence-corrected chi connectivity index (χ0v) is 14.6. The highest BCUT2D eigenvalue weighted by atomic mass is 79.9. The Morgan fingerprint density at radius 2 is 1.86 bits per heavy atom. The van der Waals surface area contributed by atoms with Crippen LogP contribution in [0.25, 0.3) is 0 Å². The van der Waals surface area contributed by atoms with E-state index in [1.54, 1.807) is 6.08 Å². The monoisotopic (exact) mass is 380 g/mol. The minimum atomic E-state index is 0.532. The van der Waals surface area contributed by atoms with Gasteiger partial charge in [0, 0.05) is 9.50 Å². The molecule has 4 heteroatoms. The van der Waals surface area contributed by atoms with Crippen LogP contribution in [0.2, 0.25) is 5.02 Å². The van der Waals surface area contributed by atoms with Gasteiger partial charge in [0.1, 0.15) is 12.4 Å². The van der Waals surface area contributed by atoms with Crippen LogP contribution in [-0.4, -0.2) is 19.8 Å². The molecule has 0 aromatic heterocycles. The van der Waals surface area contributed by atoms with Gasteiger partial charge in [-0.1, -0.05) is 45.7 Å². The van der Waals surface area contributed by atoms with Gasteiger partial charge in [-0.25, -0.2) is 0 Å². The Bertz CT molecular complexity index is 611. The van der Waals surface area contributed by atoms with Crippen LogP contribution in [0.1, 0.15) is 11.1 Å². The standard InChI is InChI=1S/C18H18BrClO2/c1-2-9-21-10-11-22-17-6-3-14(4-7-17)12-15-13-16(19)5-8-18(15)20/h2-8,13H,1,9-12H2. The Morgan fingerprint density at radius 1 is 1.09 bits per heavy atom. The molecule has 2 rings (SSSR count). The van der Waals surface area contributed by atoms with Crippen molar-refractivity contribution in [3.8, 4) is 5.75 Å². The van der Waals surface area contributed by atoms with Crippen LogP contribution in [-0.2, 0) is 11.2 Å². The summed E-state index contributed by atoms with van der Waals surface area (Å²) >= 11 is 9.69. The van der Waals surface area contributed by atoms with Crippen molar-refractivity contribution in [2.75, 3.05) is 19.8 Å². The fraction of sp³-hybridized carbons (Fsp3) is 0.222. The van der Waals surface area contributed by atoms with Crippen LogP contribution >= 0.6 is 27.5 Å². The van der Waals surface area contributed by atoms with E-state index in [0.29, 0.717) is 19.8 Å². The van der Waals surface area contributed by atoms with E-state index in [-0.39, 0.29) is 0 Å². The summed E-state index contributed by atoms with van der Waals surface area (Å²) in [5.74, 6) is 0.839. The third-order valence-electron chi connectivity index (χ3n) is 3.06. The van der Waals surface area contributed by atoms with E-state index < -0.39 is 0 Å². The van der Waals surface area contributed by atoms with Crippen molar-refractivity contribution in [3.63, 3.8) is 0 Å². The molecule has 0 amide bonds. The highest BCUT2D eigenvalue weighted by Crippen LogP contribution is 2.24. The number of benzene rings is 2. The minimum Gasteiger partial charge on any atom is -0.491 e. The predicted molar refractivity (Wildman–Crippen MR) is 94.9 cm³/mol. The first-order valence-corrected chi connectivity index (χ1v) is 8.20. The molecule has 0 heterocycles. The van der Waals surface area contributed by atoms with Gasteiger partial charge in [0.05, 0.1) is 13.2 Å². The minimum absolute atomic E-state index is 0.532. The third-order valence-corrected chi connectivity index (χ3v) is 3.92. The van der Waals surface area contributed by atoms with Gasteiger partial charge < -0.3 is 9.47 Å². The molecule has 0 aliphatic heterocycles. The maximum atomic E-state index is 6.22. The summed E-state index contributed by atoms with van der Waals surface area (Å²) < 4.78 is 11.9. The molecule has 0 N–H and O–H groups in total. The summed E-state index contributed by atoms with van der Waals surface area (Å²) in [6, 6.07) is 13.9. The second-order valence-corrected chi connectivity index (χ2v) is 6.09. The van der Waals surface area contributed by atoms with E-state index in [9.17, 15) is 0 Å². The zero-order valence-electron chi connectivity index (χ0n) is 12.2. The van der Waals surface area contributed by atoms with Crippen molar-refractivity contribution >= 4 is 27.5 Å². The number of hydrogen-bond acceptors (Lipinski definition) is 2. The van der Waals surface area contributed by atoms with Crippen molar-refractivity contribution < 1.29 is 9.47 Å². The molecule has 0 saturated heterocycles. The van der Waals surface area contributed by atoms with Gasteiger partial charge in [0.15, 0.2) is 0 Å². The Kier molecular flexibility index (Phi) is 6.97. The van der Waals surface area contributed by atoms with Gasteiger partial charge >= 0.3 is 0 Å². The van der Waals surface area contributed by atoms with Crippen LogP contribution in [0, 0.1) is 0 Å². The molecule has 0 aliphatic carbocycles. The van der Waals surface area contributed by atoms with Crippen LogP contribution in [0.5, 0.6) is 5.75 Å². The summed E-state index contributed by atoms with van der Waals surface area (Å²) in [7, 11) is 0. The Hall–Kier alpha value is -1.29. The van der Waals surface area contributed by atoms with Crippen LogP contribution < -0.4 is 4.74 Å². The smallest absolute Gasteiger partial charge is 0.119 e. The maximum absolute atomic E-state index is 6.22. The fourth-order valence-corrected chi connectivity index (χ4v) is 2.58. The molecule has 0 bridgehead atoms. The lowest BCUT2D eigenvalue weighted by atomic mass is 10.1. The predicted octanol–water partition coefficient (Wildman–Crippen LogP) is 5.27. The lowest BCUT2D eigenvalue weighted by molar-refractivity contribution is 0.121. The maximum Gasteiger partial charge on any atom is 0.119 e.